The number of benzene rings is 3. The lowest BCUT2D eigenvalue weighted by molar-refractivity contribution is -0.141. The number of phenols is 2. The molecule has 33 heavy (non-hydrogen) atoms. The Labute approximate surface area is 183 Å². The van der Waals surface area contributed by atoms with E-state index in [4.69, 9.17) is 20.0 Å². The second kappa shape index (κ2) is 10.5. The van der Waals surface area contributed by atoms with Crippen LogP contribution in [-0.4, -0.2) is 17.0 Å². The van der Waals surface area contributed by atoms with E-state index in [1.807, 2.05) is 6.79 Å². The van der Waals surface area contributed by atoms with Crippen LogP contribution in [-0.2, 0) is 11.0 Å². The molecule has 0 bridgehead atoms. The van der Waals surface area contributed by atoms with Crippen LogP contribution in [0.3, 0.4) is 0 Å². The fraction of sp³-hybridized carbons (Fsp3) is 0.0952. The number of rotatable bonds is 4. The summed E-state index contributed by atoms with van der Waals surface area (Å²) in [4.78, 5) is 8.00. The van der Waals surface area contributed by atoms with Crippen molar-refractivity contribution in [3.8, 4) is 34.5 Å². The van der Waals surface area contributed by atoms with Gasteiger partial charge in [-0.3, -0.25) is 0 Å². The molecule has 4 N–H and O–H groups in total. The highest BCUT2D eigenvalue weighted by molar-refractivity contribution is 5.56. The third-order valence-electron chi connectivity index (χ3n) is 3.80. The number of alkyl halides is 3. The van der Waals surface area contributed by atoms with Crippen molar-refractivity contribution in [2.45, 2.75) is 13.6 Å². The Hall–Kier alpha value is -4.09. The average molecular weight is 477 g/mol. The van der Waals surface area contributed by atoms with Gasteiger partial charge in [0.2, 0.25) is 17.4 Å². The molecule has 0 aliphatic heterocycles. The Kier molecular flexibility index (Phi) is 8.56. The van der Waals surface area contributed by atoms with Crippen molar-refractivity contribution in [2.24, 2.45) is 0 Å². The van der Waals surface area contributed by atoms with Gasteiger partial charge in [0, 0.05) is 6.07 Å². The van der Waals surface area contributed by atoms with E-state index in [9.17, 15) is 36.6 Å². The maximum atomic E-state index is 14.8. The molecule has 6 nitrogen and oxygen atoms in total. The SMILES string of the molecule is C.C=O.Nc1ccc(Oc2c(F)c(F)c(C(F)(F)F)c(Oc3ccc(O)cc3)c2F)cc1O. The number of nitrogens with two attached hydrogens (primary N) is 1. The number of halogens is 6. The first-order chi connectivity index (χ1) is 15.0. The van der Waals surface area contributed by atoms with Crippen LogP contribution < -0.4 is 15.2 Å². The molecule has 0 aliphatic carbocycles. The van der Waals surface area contributed by atoms with Gasteiger partial charge in [-0.2, -0.15) is 22.0 Å². The van der Waals surface area contributed by atoms with Crippen molar-refractivity contribution < 1.29 is 50.8 Å². The number of carbonyl (C=O) groups is 1. The van der Waals surface area contributed by atoms with Gasteiger partial charge in [-0.15, -0.1) is 0 Å². The van der Waals surface area contributed by atoms with E-state index in [0.29, 0.717) is 0 Å². The van der Waals surface area contributed by atoms with Gasteiger partial charge in [-0.1, -0.05) is 7.43 Å². The Morgan fingerprint density at radius 1 is 0.788 bits per heavy atom. The number of hydrogen-bond donors (Lipinski definition) is 3. The lowest BCUT2D eigenvalue weighted by Gasteiger charge is -2.18. The minimum atomic E-state index is -5.52. The second-order valence-electron chi connectivity index (χ2n) is 5.89. The fourth-order valence-electron chi connectivity index (χ4n) is 2.39. The maximum Gasteiger partial charge on any atom is 0.423 e. The molecule has 0 unspecified atom stereocenters. The lowest BCUT2D eigenvalue weighted by Crippen LogP contribution is -2.14. The van der Waals surface area contributed by atoms with Crippen LogP contribution in [0.25, 0.3) is 0 Å². The van der Waals surface area contributed by atoms with Gasteiger partial charge in [0.25, 0.3) is 0 Å². The van der Waals surface area contributed by atoms with E-state index < -0.39 is 57.9 Å². The molecule has 0 atom stereocenters. The molecule has 3 aromatic carbocycles. The van der Waals surface area contributed by atoms with Gasteiger partial charge in [-0.05, 0) is 36.4 Å². The zero-order valence-electron chi connectivity index (χ0n) is 15.7. The number of phenolic OH excluding ortho intramolecular Hbond substituents is 2. The number of anilines is 1. The van der Waals surface area contributed by atoms with Gasteiger partial charge in [0.1, 0.15) is 35.4 Å². The fourth-order valence-corrected chi connectivity index (χ4v) is 2.39. The molecule has 0 fully saturated rings. The summed E-state index contributed by atoms with van der Waals surface area (Å²) >= 11 is 0. The van der Waals surface area contributed by atoms with Crippen molar-refractivity contribution in [3.05, 3.63) is 65.5 Å². The normalized spacial score (nSPS) is 10.5. The summed E-state index contributed by atoms with van der Waals surface area (Å²) in [6, 6.07) is 6.97. The molecule has 3 aromatic rings. The van der Waals surface area contributed by atoms with Gasteiger partial charge in [0.05, 0.1) is 5.69 Å². The zero-order valence-corrected chi connectivity index (χ0v) is 15.7. The van der Waals surface area contributed by atoms with E-state index >= 15 is 0 Å². The third-order valence-corrected chi connectivity index (χ3v) is 3.80. The summed E-state index contributed by atoms with van der Waals surface area (Å²) in [6.07, 6.45) is -5.52. The van der Waals surface area contributed by atoms with Crippen LogP contribution in [0.1, 0.15) is 13.0 Å². The molecule has 178 valence electrons. The standard InChI is InChI=1S/C19H11F6NO4.CH2O.CH4/c20-14-13(19(23,24)25)17(29-9-3-1-8(27)2-4-9)16(22)18(15(14)21)30-10-5-6-11(26)12(28)7-10;1-2;/h1-7,27-28H,26H2;1H2;1H4. The Balaban J connectivity index is 0.00000177. The maximum absolute atomic E-state index is 14.8. The molecule has 0 amide bonds. The highest BCUT2D eigenvalue weighted by atomic mass is 19.4. The van der Waals surface area contributed by atoms with E-state index in [1.54, 1.807) is 0 Å². The minimum absolute atomic E-state index is 0. The van der Waals surface area contributed by atoms with Crippen molar-refractivity contribution >= 4 is 12.5 Å². The van der Waals surface area contributed by atoms with Crippen molar-refractivity contribution in [3.63, 3.8) is 0 Å². The van der Waals surface area contributed by atoms with Gasteiger partial charge < -0.3 is 30.2 Å². The van der Waals surface area contributed by atoms with Gasteiger partial charge in [0.15, 0.2) is 11.6 Å². The summed E-state index contributed by atoms with van der Waals surface area (Å²) in [5, 5.41) is 18.8. The van der Waals surface area contributed by atoms with Gasteiger partial charge in [-0.25, -0.2) is 4.39 Å². The van der Waals surface area contributed by atoms with Crippen molar-refractivity contribution in [2.75, 3.05) is 5.73 Å². The molecule has 0 spiro atoms. The Morgan fingerprint density at radius 2 is 1.30 bits per heavy atom. The molecule has 0 radical (unpaired) electrons. The Bertz CT molecular complexity index is 1120. The average Bonchev–Trinajstić information content (AvgIpc) is 2.74. The van der Waals surface area contributed by atoms with Crippen molar-refractivity contribution in [1.29, 1.82) is 0 Å². The van der Waals surface area contributed by atoms with E-state index in [2.05, 4.69) is 0 Å². The number of carbonyl (C=O) groups excluding carboxylic acids is 1. The summed E-state index contributed by atoms with van der Waals surface area (Å²) in [5.41, 5.74) is 2.94. The monoisotopic (exact) mass is 477 g/mol. The molecule has 0 aliphatic rings. The van der Waals surface area contributed by atoms with Gasteiger partial charge >= 0.3 is 6.18 Å². The molecule has 0 saturated carbocycles. The third kappa shape index (κ3) is 5.79. The van der Waals surface area contributed by atoms with Crippen molar-refractivity contribution in [1.82, 2.24) is 0 Å². The van der Waals surface area contributed by atoms with Crippen LogP contribution >= 0.6 is 0 Å². The van der Waals surface area contributed by atoms with E-state index in [0.717, 1.165) is 42.5 Å². The quantitative estimate of drug-likeness (QED) is 0.180. The molecular weight excluding hydrogens is 460 g/mol. The molecule has 0 aromatic heterocycles. The number of hydrogen-bond acceptors (Lipinski definition) is 6. The predicted molar refractivity (Wildman–Crippen MR) is 106 cm³/mol. The second-order valence-corrected chi connectivity index (χ2v) is 5.89. The highest BCUT2D eigenvalue weighted by Crippen LogP contribution is 2.47. The molecule has 0 saturated heterocycles. The first-order valence-corrected chi connectivity index (χ1v) is 8.28. The molecular formula is C21H17F6NO5. The van der Waals surface area contributed by atoms with Crippen LogP contribution in [0.5, 0.6) is 34.5 Å². The largest absolute Gasteiger partial charge is 0.508 e. The number of aromatic hydroxyl groups is 2. The summed E-state index contributed by atoms with van der Waals surface area (Å²) in [7, 11) is 0. The molecule has 3 rings (SSSR count). The Morgan fingerprint density at radius 3 is 1.82 bits per heavy atom. The van der Waals surface area contributed by atoms with E-state index in [1.165, 1.54) is 0 Å². The first kappa shape index (κ1) is 26.9. The highest BCUT2D eigenvalue weighted by Gasteiger charge is 2.43. The first-order valence-electron chi connectivity index (χ1n) is 8.28. The van der Waals surface area contributed by atoms with Crippen LogP contribution in [0.2, 0.25) is 0 Å². The van der Waals surface area contributed by atoms with E-state index in [-0.39, 0.29) is 18.9 Å². The summed E-state index contributed by atoms with van der Waals surface area (Å²) in [6.45, 7) is 2.00. The predicted octanol–water partition coefficient (Wildman–Crippen LogP) is 6.15. The summed E-state index contributed by atoms with van der Waals surface area (Å²) in [5.74, 6) is -11.5. The number of nitrogen functional groups attached to an aromatic ring is 1. The lowest BCUT2D eigenvalue weighted by atomic mass is 10.1. The summed E-state index contributed by atoms with van der Waals surface area (Å²) < 4.78 is 93.0. The number of ether oxygens (including phenoxy) is 2. The van der Waals surface area contributed by atoms with Crippen LogP contribution in [0, 0.1) is 17.5 Å². The van der Waals surface area contributed by atoms with Crippen LogP contribution in [0.4, 0.5) is 32.0 Å². The topological polar surface area (TPSA) is 102 Å². The molecule has 0 heterocycles. The van der Waals surface area contributed by atoms with Crippen LogP contribution in [0.15, 0.2) is 42.5 Å². The molecule has 12 heteroatoms. The zero-order chi connectivity index (χ0) is 24.2. The smallest absolute Gasteiger partial charge is 0.423 e. The minimum Gasteiger partial charge on any atom is -0.508 e.